The van der Waals surface area contributed by atoms with Crippen LogP contribution in [0, 0.1) is 5.41 Å². The first-order valence-electron chi connectivity index (χ1n) is 11.5. The van der Waals surface area contributed by atoms with Crippen molar-refractivity contribution in [2.45, 2.75) is 111 Å². The van der Waals surface area contributed by atoms with Crippen LogP contribution in [-0.2, 0) is 41.1 Å². The van der Waals surface area contributed by atoms with E-state index in [1.807, 2.05) is 25.1 Å². The summed E-state index contributed by atoms with van der Waals surface area (Å²) in [6.45, 7) is 18.6. The third-order valence-corrected chi connectivity index (χ3v) is 5.93. The Morgan fingerprint density at radius 1 is 0.909 bits per heavy atom. The van der Waals surface area contributed by atoms with Gasteiger partial charge in [-0.15, -0.1) is 0 Å². The average molecular weight is 461 g/mol. The second-order valence-corrected chi connectivity index (χ2v) is 12.7. The molecule has 1 N–H and O–H groups in total. The Hall–Kier alpha value is -2.37. The maximum absolute atomic E-state index is 13.6. The smallest absolute Gasteiger partial charge is 0.324 e. The molecule has 6 heteroatoms. The number of ether oxygens (including phenoxy) is 2. The van der Waals surface area contributed by atoms with Gasteiger partial charge in [0.2, 0.25) is 0 Å². The van der Waals surface area contributed by atoms with E-state index in [4.69, 9.17) is 9.47 Å². The normalized spacial score (nSPS) is 20.5. The molecule has 1 aliphatic carbocycles. The number of carbonyl (C=O) groups excluding carboxylic acids is 2. The first kappa shape index (κ1) is 26.9. The van der Waals surface area contributed by atoms with Crippen LogP contribution >= 0.6 is 0 Å². The molecule has 1 aromatic carbocycles. The van der Waals surface area contributed by atoms with Gasteiger partial charge in [0, 0.05) is 5.41 Å². The Bertz CT molecular complexity index is 911. The highest BCUT2D eigenvalue weighted by Crippen LogP contribution is 2.51. The van der Waals surface area contributed by atoms with Gasteiger partial charge in [-0.05, 0) is 76.5 Å². The van der Waals surface area contributed by atoms with E-state index in [0.717, 1.165) is 16.7 Å². The fourth-order valence-corrected chi connectivity index (χ4v) is 4.52. The number of benzene rings is 1. The molecule has 0 aliphatic heterocycles. The van der Waals surface area contributed by atoms with Gasteiger partial charge in [0.15, 0.2) is 5.41 Å². The topological polar surface area (TPSA) is 89.9 Å². The Balaban J connectivity index is 2.76. The summed E-state index contributed by atoms with van der Waals surface area (Å²) < 4.78 is 11.4. The van der Waals surface area contributed by atoms with Crippen LogP contribution in [0.3, 0.4) is 0 Å². The zero-order chi connectivity index (χ0) is 25.6. The molecule has 0 radical (unpaired) electrons. The molecule has 33 heavy (non-hydrogen) atoms. The quantitative estimate of drug-likeness (QED) is 0.482. The van der Waals surface area contributed by atoms with E-state index in [-0.39, 0.29) is 24.7 Å². The molecule has 1 aliphatic rings. The van der Waals surface area contributed by atoms with E-state index in [0.29, 0.717) is 0 Å². The van der Waals surface area contributed by atoms with Crippen LogP contribution in [0.4, 0.5) is 0 Å². The van der Waals surface area contributed by atoms with Crippen LogP contribution in [0.5, 0.6) is 0 Å². The first-order chi connectivity index (χ1) is 14.7. The molecule has 2 rings (SSSR count). The Labute approximate surface area is 198 Å². The summed E-state index contributed by atoms with van der Waals surface area (Å²) in [6, 6.07) is 5.94. The largest absolute Gasteiger partial charge is 0.481 e. The molecule has 0 aromatic heterocycles. The van der Waals surface area contributed by atoms with Crippen molar-refractivity contribution >= 4 is 17.9 Å². The van der Waals surface area contributed by atoms with E-state index in [2.05, 4.69) is 20.8 Å². The number of carboxylic acids is 1. The Morgan fingerprint density at radius 3 is 1.79 bits per heavy atom. The molecule has 0 spiro atoms. The highest BCUT2D eigenvalue weighted by Gasteiger charge is 2.58. The highest BCUT2D eigenvalue weighted by atomic mass is 16.6. The van der Waals surface area contributed by atoms with Crippen molar-refractivity contribution in [2.24, 2.45) is 5.41 Å². The van der Waals surface area contributed by atoms with Crippen LogP contribution in [0.15, 0.2) is 18.2 Å². The molecule has 1 atom stereocenters. The molecule has 1 aromatic rings. The summed E-state index contributed by atoms with van der Waals surface area (Å²) in [5.74, 6) is -2.34. The van der Waals surface area contributed by atoms with Crippen LogP contribution in [0.25, 0.3) is 0 Å². The van der Waals surface area contributed by atoms with Crippen LogP contribution in [0.1, 0.15) is 98.8 Å². The third-order valence-electron chi connectivity index (χ3n) is 5.93. The lowest BCUT2D eigenvalue weighted by atomic mass is 9.58. The van der Waals surface area contributed by atoms with Crippen molar-refractivity contribution in [2.75, 3.05) is 0 Å². The van der Waals surface area contributed by atoms with E-state index in [1.54, 1.807) is 41.5 Å². The van der Waals surface area contributed by atoms with E-state index >= 15 is 0 Å². The second-order valence-electron chi connectivity index (χ2n) is 12.7. The summed E-state index contributed by atoms with van der Waals surface area (Å²) in [5.41, 5.74) is -1.66. The van der Waals surface area contributed by atoms with Gasteiger partial charge in [0.25, 0.3) is 0 Å². The lowest BCUT2D eigenvalue weighted by Gasteiger charge is -2.45. The van der Waals surface area contributed by atoms with Gasteiger partial charge in [0.05, 0.1) is 6.42 Å². The SMILES string of the molecule is CC(C)(C)OC(=O)C1(C(=O)OC(C)(C)C)Cc2ccc(C(C)(C)C)cc2C(C)(CC(=O)O)C1. The predicted octanol–water partition coefficient (Wildman–Crippen LogP) is 5.33. The van der Waals surface area contributed by atoms with Crippen LogP contribution < -0.4 is 0 Å². The van der Waals surface area contributed by atoms with Crippen molar-refractivity contribution in [1.82, 2.24) is 0 Å². The number of esters is 2. The molecular weight excluding hydrogens is 420 g/mol. The van der Waals surface area contributed by atoms with Crippen molar-refractivity contribution in [3.63, 3.8) is 0 Å². The fraction of sp³-hybridized carbons (Fsp3) is 0.667. The molecule has 0 saturated carbocycles. The minimum absolute atomic E-state index is 0.00325. The molecule has 6 nitrogen and oxygen atoms in total. The van der Waals surface area contributed by atoms with Crippen molar-refractivity contribution in [3.05, 3.63) is 34.9 Å². The maximum atomic E-state index is 13.6. The predicted molar refractivity (Wildman–Crippen MR) is 127 cm³/mol. The molecule has 0 amide bonds. The lowest BCUT2D eigenvalue weighted by molar-refractivity contribution is -0.188. The fourth-order valence-electron chi connectivity index (χ4n) is 4.52. The number of rotatable bonds is 4. The van der Waals surface area contributed by atoms with Crippen molar-refractivity contribution in [1.29, 1.82) is 0 Å². The zero-order valence-corrected chi connectivity index (χ0v) is 21.8. The van der Waals surface area contributed by atoms with E-state index < -0.39 is 39.9 Å². The van der Waals surface area contributed by atoms with Crippen LogP contribution in [-0.4, -0.2) is 34.2 Å². The molecule has 0 saturated heterocycles. The van der Waals surface area contributed by atoms with Gasteiger partial charge in [0.1, 0.15) is 11.2 Å². The molecule has 0 bridgehead atoms. The molecular formula is C27H40O6. The van der Waals surface area contributed by atoms with Gasteiger partial charge >= 0.3 is 17.9 Å². The van der Waals surface area contributed by atoms with Crippen LogP contribution in [0.2, 0.25) is 0 Å². The number of carboxylic acid groups (broad SMARTS) is 1. The second kappa shape index (κ2) is 8.44. The minimum Gasteiger partial charge on any atom is -0.481 e. The lowest BCUT2D eigenvalue weighted by Crippen LogP contribution is -2.54. The van der Waals surface area contributed by atoms with Gasteiger partial charge < -0.3 is 14.6 Å². The maximum Gasteiger partial charge on any atom is 0.324 e. The Morgan fingerprint density at radius 2 is 1.39 bits per heavy atom. The van der Waals surface area contributed by atoms with Gasteiger partial charge in [-0.3, -0.25) is 14.4 Å². The summed E-state index contributed by atoms with van der Waals surface area (Å²) in [6.07, 6.45) is -0.122. The number of aliphatic carboxylic acids is 1. The minimum atomic E-state index is -1.64. The number of fused-ring (bicyclic) bond motifs is 1. The summed E-state index contributed by atoms with van der Waals surface area (Å²) >= 11 is 0. The number of hydrogen-bond donors (Lipinski definition) is 1. The number of hydrogen-bond acceptors (Lipinski definition) is 5. The van der Waals surface area contributed by atoms with Gasteiger partial charge in [-0.1, -0.05) is 45.9 Å². The highest BCUT2D eigenvalue weighted by molar-refractivity contribution is 6.01. The van der Waals surface area contributed by atoms with E-state index in [1.165, 1.54) is 0 Å². The summed E-state index contributed by atoms with van der Waals surface area (Å²) in [4.78, 5) is 39.1. The van der Waals surface area contributed by atoms with Crippen molar-refractivity contribution in [3.8, 4) is 0 Å². The molecule has 184 valence electrons. The average Bonchev–Trinajstić information content (AvgIpc) is 2.56. The molecule has 0 fully saturated rings. The summed E-state index contributed by atoms with van der Waals surface area (Å²) in [5, 5.41) is 9.77. The molecule has 1 unspecified atom stereocenters. The Kier molecular flexibility index (Phi) is 6.88. The van der Waals surface area contributed by atoms with Gasteiger partial charge in [-0.25, -0.2) is 0 Å². The standard InChI is InChI=1S/C27H40O6/c1-23(2,3)18-12-11-17-14-27(21(30)32-24(4,5)6,22(31)33-25(7,8)9)16-26(10,15-20(28)29)19(17)13-18/h11-13H,14-16H2,1-10H3,(H,28,29). The monoisotopic (exact) mass is 460 g/mol. The van der Waals surface area contributed by atoms with E-state index in [9.17, 15) is 19.5 Å². The van der Waals surface area contributed by atoms with Crippen molar-refractivity contribution < 1.29 is 29.0 Å². The first-order valence-corrected chi connectivity index (χ1v) is 11.5. The molecule has 0 heterocycles. The third kappa shape index (κ3) is 6.15. The van der Waals surface area contributed by atoms with Gasteiger partial charge in [-0.2, -0.15) is 0 Å². The zero-order valence-electron chi connectivity index (χ0n) is 21.8. The summed E-state index contributed by atoms with van der Waals surface area (Å²) in [7, 11) is 0. The number of carbonyl (C=O) groups is 3.